The van der Waals surface area contributed by atoms with E-state index in [1.807, 2.05) is 0 Å². The summed E-state index contributed by atoms with van der Waals surface area (Å²) in [5.74, 6) is 0. The average molecular weight is 257 g/mol. The van der Waals surface area contributed by atoms with E-state index in [1.54, 1.807) is 0 Å². The molecule has 0 atom stereocenters. The van der Waals surface area contributed by atoms with Crippen molar-refractivity contribution in [2.45, 2.75) is 44.9 Å². The number of nitrogens with zero attached hydrogens (tertiary/aromatic N) is 1. The number of carbonyl (C=O) groups is 1. The lowest BCUT2D eigenvalue weighted by molar-refractivity contribution is -0.116. The van der Waals surface area contributed by atoms with Crippen LogP contribution in [0.3, 0.4) is 0 Å². The molecule has 2 aliphatic rings. The molecule has 0 unspecified atom stereocenters. The van der Waals surface area contributed by atoms with Gasteiger partial charge >= 0.3 is 0 Å². The first-order chi connectivity index (χ1) is 9.33. The molecule has 102 valence electrons. The Morgan fingerprint density at radius 1 is 1.11 bits per heavy atom. The van der Waals surface area contributed by atoms with E-state index in [-0.39, 0.29) is 5.41 Å². The SMILES string of the molecule is O=CC1(CN2CCc3ccccc32)CCCCCC1. The highest BCUT2D eigenvalue weighted by Crippen LogP contribution is 2.37. The molecule has 19 heavy (non-hydrogen) atoms. The van der Waals surface area contributed by atoms with Crippen molar-refractivity contribution < 1.29 is 4.79 Å². The van der Waals surface area contributed by atoms with Crippen molar-refractivity contribution in [1.82, 2.24) is 0 Å². The van der Waals surface area contributed by atoms with Crippen LogP contribution >= 0.6 is 0 Å². The smallest absolute Gasteiger partial charge is 0.127 e. The molecule has 2 heteroatoms. The molecule has 0 amide bonds. The molecule has 0 N–H and O–H groups in total. The molecule has 1 aromatic carbocycles. The van der Waals surface area contributed by atoms with Crippen molar-refractivity contribution >= 4 is 12.0 Å². The maximum atomic E-state index is 11.7. The number of benzene rings is 1. The van der Waals surface area contributed by atoms with Crippen molar-refractivity contribution in [3.63, 3.8) is 0 Å². The molecular formula is C17H23NO. The lowest BCUT2D eigenvalue weighted by Gasteiger charge is -2.33. The van der Waals surface area contributed by atoms with Crippen molar-refractivity contribution in [1.29, 1.82) is 0 Å². The fourth-order valence-corrected chi connectivity index (χ4v) is 3.70. The summed E-state index contributed by atoms with van der Waals surface area (Å²) in [5.41, 5.74) is 2.71. The number of fused-ring (bicyclic) bond motifs is 1. The van der Waals surface area contributed by atoms with E-state index in [2.05, 4.69) is 29.2 Å². The number of hydrogen-bond donors (Lipinski definition) is 0. The second-order valence-corrected chi connectivity index (χ2v) is 6.19. The van der Waals surface area contributed by atoms with Gasteiger partial charge in [-0.05, 0) is 30.9 Å². The summed E-state index contributed by atoms with van der Waals surface area (Å²) < 4.78 is 0. The van der Waals surface area contributed by atoms with Crippen LogP contribution in [-0.2, 0) is 11.2 Å². The highest BCUT2D eigenvalue weighted by Gasteiger charge is 2.34. The molecule has 1 aliphatic carbocycles. The Kier molecular flexibility index (Phi) is 3.58. The van der Waals surface area contributed by atoms with Gasteiger partial charge in [-0.25, -0.2) is 0 Å². The minimum Gasteiger partial charge on any atom is -0.370 e. The average Bonchev–Trinajstić information content (AvgIpc) is 2.70. The first-order valence-corrected chi connectivity index (χ1v) is 7.62. The van der Waals surface area contributed by atoms with Crippen LogP contribution in [0.25, 0.3) is 0 Å². The topological polar surface area (TPSA) is 20.3 Å². The van der Waals surface area contributed by atoms with Gasteiger partial charge in [0.25, 0.3) is 0 Å². The van der Waals surface area contributed by atoms with Crippen LogP contribution < -0.4 is 4.90 Å². The number of carbonyl (C=O) groups excluding carboxylic acids is 1. The van der Waals surface area contributed by atoms with E-state index in [0.29, 0.717) is 0 Å². The van der Waals surface area contributed by atoms with E-state index in [1.165, 1.54) is 43.2 Å². The largest absolute Gasteiger partial charge is 0.370 e. The maximum absolute atomic E-state index is 11.7. The Morgan fingerprint density at radius 3 is 2.58 bits per heavy atom. The Balaban J connectivity index is 1.78. The third-order valence-electron chi connectivity index (χ3n) is 4.84. The molecule has 0 aromatic heterocycles. The monoisotopic (exact) mass is 257 g/mol. The van der Waals surface area contributed by atoms with Crippen LogP contribution in [0.5, 0.6) is 0 Å². The van der Waals surface area contributed by atoms with Crippen molar-refractivity contribution in [3.05, 3.63) is 29.8 Å². The fraction of sp³-hybridized carbons (Fsp3) is 0.588. The molecule has 1 heterocycles. The molecule has 1 aromatic rings. The summed E-state index contributed by atoms with van der Waals surface area (Å²) in [6, 6.07) is 8.65. The first kappa shape index (κ1) is 12.7. The van der Waals surface area contributed by atoms with Crippen LogP contribution in [0.15, 0.2) is 24.3 Å². The maximum Gasteiger partial charge on any atom is 0.127 e. The Bertz CT molecular complexity index is 446. The van der Waals surface area contributed by atoms with Gasteiger partial charge in [0, 0.05) is 24.2 Å². The molecule has 2 nitrogen and oxygen atoms in total. The fourth-order valence-electron chi connectivity index (χ4n) is 3.70. The van der Waals surface area contributed by atoms with Gasteiger partial charge in [0.1, 0.15) is 6.29 Å². The minimum absolute atomic E-state index is 0.0893. The predicted octanol–water partition coefficient (Wildman–Crippen LogP) is 3.59. The molecule has 0 spiro atoms. The van der Waals surface area contributed by atoms with Gasteiger partial charge in [0.05, 0.1) is 0 Å². The summed E-state index contributed by atoms with van der Waals surface area (Å²) in [6.07, 6.45) is 9.58. The molecule has 1 aliphatic heterocycles. The minimum atomic E-state index is -0.0893. The Hall–Kier alpha value is -1.31. The lowest BCUT2D eigenvalue weighted by atomic mass is 9.81. The summed E-state index contributed by atoms with van der Waals surface area (Å²) in [6.45, 7) is 2.00. The summed E-state index contributed by atoms with van der Waals surface area (Å²) in [7, 11) is 0. The zero-order valence-corrected chi connectivity index (χ0v) is 11.6. The normalized spacial score (nSPS) is 21.8. The molecule has 0 radical (unpaired) electrons. The van der Waals surface area contributed by atoms with E-state index >= 15 is 0 Å². The van der Waals surface area contributed by atoms with Crippen LogP contribution in [-0.4, -0.2) is 19.4 Å². The van der Waals surface area contributed by atoms with Crippen molar-refractivity contribution in [3.8, 4) is 0 Å². The van der Waals surface area contributed by atoms with Gasteiger partial charge < -0.3 is 9.69 Å². The standard InChI is InChI=1S/C17H23NO/c19-14-17(10-5-1-2-6-11-17)13-18-12-9-15-7-3-4-8-16(15)18/h3-4,7-8,14H,1-2,5-6,9-13H2. The first-order valence-electron chi connectivity index (χ1n) is 7.62. The van der Waals surface area contributed by atoms with Crippen LogP contribution in [0.2, 0.25) is 0 Å². The molecule has 1 saturated carbocycles. The quantitative estimate of drug-likeness (QED) is 0.609. The van der Waals surface area contributed by atoms with Gasteiger partial charge in [0.2, 0.25) is 0 Å². The highest BCUT2D eigenvalue weighted by molar-refractivity contribution is 5.64. The van der Waals surface area contributed by atoms with Gasteiger partial charge in [-0.3, -0.25) is 0 Å². The van der Waals surface area contributed by atoms with Crippen LogP contribution in [0.4, 0.5) is 5.69 Å². The third-order valence-corrected chi connectivity index (χ3v) is 4.84. The zero-order valence-electron chi connectivity index (χ0n) is 11.6. The lowest BCUT2D eigenvalue weighted by Crippen LogP contribution is -2.38. The van der Waals surface area contributed by atoms with E-state index < -0.39 is 0 Å². The Labute approximate surface area is 115 Å². The van der Waals surface area contributed by atoms with Gasteiger partial charge in [0.15, 0.2) is 0 Å². The molecule has 0 saturated heterocycles. The van der Waals surface area contributed by atoms with Crippen LogP contribution in [0, 0.1) is 5.41 Å². The predicted molar refractivity (Wildman–Crippen MR) is 78.6 cm³/mol. The van der Waals surface area contributed by atoms with Gasteiger partial charge in [-0.1, -0.05) is 43.9 Å². The number of hydrogen-bond acceptors (Lipinski definition) is 2. The molecule has 0 bridgehead atoms. The summed E-state index contributed by atoms with van der Waals surface area (Å²) in [4.78, 5) is 14.1. The summed E-state index contributed by atoms with van der Waals surface area (Å²) >= 11 is 0. The van der Waals surface area contributed by atoms with Crippen molar-refractivity contribution in [2.75, 3.05) is 18.0 Å². The second-order valence-electron chi connectivity index (χ2n) is 6.19. The molecule has 3 rings (SSSR count). The van der Waals surface area contributed by atoms with E-state index in [0.717, 1.165) is 32.4 Å². The van der Waals surface area contributed by atoms with Gasteiger partial charge in [-0.2, -0.15) is 0 Å². The number of para-hydroxylation sites is 1. The van der Waals surface area contributed by atoms with Crippen LogP contribution in [0.1, 0.15) is 44.1 Å². The zero-order chi connectivity index (χ0) is 13.1. The number of rotatable bonds is 3. The Morgan fingerprint density at radius 2 is 1.84 bits per heavy atom. The number of aldehydes is 1. The highest BCUT2D eigenvalue weighted by atomic mass is 16.1. The van der Waals surface area contributed by atoms with Crippen molar-refractivity contribution in [2.24, 2.45) is 5.41 Å². The molecule has 1 fully saturated rings. The third kappa shape index (κ3) is 2.54. The molecular weight excluding hydrogens is 234 g/mol. The second kappa shape index (κ2) is 5.36. The number of anilines is 1. The van der Waals surface area contributed by atoms with Gasteiger partial charge in [-0.15, -0.1) is 0 Å². The van der Waals surface area contributed by atoms with E-state index in [4.69, 9.17) is 0 Å². The summed E-state index contributed by atoms with van der Waals surface area (Å²) in [5, 5.41) is 0. The van der Waals surface area contributed by atoms with E-state index in [9.17, 15) is 4.79 Å².